The molecule has 3 rings (SSSR count). The zero-order valence-corrected chi connectivity index (χ0v) is 12.8. The second kappa shape index (κ2) is 5.26. The molecule has 3 aromatic rings. The number of hydrogen-bond acceptors (Lipinski definition) is 5. The fraction of sp³-hybridized carbons (Fsp3) is 0.231. The number of hydrogen-bond donors (Lipinski definition) is 1. The molecule has 20 heavy (non-hydrogen) atoms. The SMILES string of the molecule is Cc1csc(Cc2nc(=S)cc(-c3cnn(C)c3)[nH]2)n1. The minimum absolute atomic E-state index is 0.575. The number of thiazole rings is 1. The van der Waals surface area contributed by atoms with Crippen molar-refractivity contribution < 1.29 is 0 Å². The molecular weight excluding hydrogens is 290 g/mol. The van der Waals surface area contributed by atoms with Gasteiger partial charge in [0.1, 0.15) is 15.5 Å². The van der Waals surface area contributed by atoms with Gasteiger partial charge in [-0.15, -0.1) is 11.3 Å². The van der Waals surface area contributed by atoms with Crippen LogP contribution in [0.1, 0.15) is 16.5 Å². The van der Waals surface area contributed by atoms with Crippen LogP contribution in [0.3, 0.4) is 0 Å². The Morgan fingerprint density at radius 2 is 2.25 bits per heavy atom. The maximum Gasteiger partial charge on any atom is 0.130 e. The van der Waals surface area contributed by atoms with Gasteiger partial charge in [0.15, 0.2) is 0 Å². The zero-order chi connectivity index (χ0) is 14.1. The van der Waals surface area contributed by atoms with E-state index in [1.54, 1.807) is 22.2 Å². The molecule has 0 amide bonds. The largest absolute Gasteiger partial charge is 0.343 e. The Labute approximate surface area is 125 Å². The minimum atomic E-state index is 0.575. The van der Waals surface area contributed by atoms with Crippen molar-refractivity contribution >= 4 is 23.6 Å². The van der Waals surface area contributed by atoms with E-state index < -0.39 is 0 Å². The molecule has 0 aliphatic heterocycles. The van der Waals surface area contributed by atoms with Gasteiger partial charge in [0.25, 0.3) is 0 Å². The summed E-state index contributed by atoms with van der Waals surface area (Å²) in [5.41, 5.74) is 2.96. The first-order valence-electron chi connectivity index (χ1n) is 6.10. The first kappa shape index (κ1) is 13.1. The highest BCUT2D eigenvalue weighted by Crippen LogP contribution is 2.18. The van der Waals surface area contributed by atoms with Crippen LogP contribution < -0.4 is 0 Å². The Morgan fingerprint density at radius 3 is 2.90 bits per heavy atom. The molecule has 0 saturated heterocycles. The molecule has 0 saturated carbocycles. The number of aromatic nitrogens is 5. The third kappa shape index (κ3) is 2.83. The molecule has 0 bridgehead atoms. The van der Waals surface area contributed by atoms with Gasteiger partial charge in [0, 0.05) is 29.9 Å². The van der Waals surface area contributed by atoms with Gasteiger partial charge in [-0.1, -0.05) is 12.2 Å². The predicted molar refractivity (Wildman–Crippen MR) is 81.3 cm³/mol. The van der Waals surface area contributed by atoms with Crippen LogP contribution >= 0.6 is 23.6 Å². The van der Waals surface area contributed by atoms with Crippen molar-refractivity contribution in [1.29, 1.82) is 0 Å². The quantitative estimate of drug-likeness (QED) is 0.756. The van der Waals surface area contributed by atoms with E-state index in [9.17, 15) is 0 Å². The third-order valence-electron chi connectivity index (χ3n) is 2.79. The Hall–Kier alpha value is -1.86. The maximum atomic E-state index is 5.24. The van der Waals surface area contributed by atoms with E-state index in [0.29, 0.717) is 11.1 Å². The van der Waals surface area contributed by atoms with Crippen LogP contribution in [0.4, 0.5) is 0 Å². The van der Waals surface area contributed by atoms with Crippen LogP contribution in [0, 0.1) is 11.6 Å². The second-order valence-electron chi connectivity index (χ2n) is 4.54. The van der Waals surface area contributed by atoms with Crippen LogP contribution in [0.2, 0.25) is 0 Å². The lowest BCUT2D eigenvalue weighted by Gasteiger charge is -2.03. The molecule has 1 N–H and O–H groups in total. The molecule has 5 nitrogen and oxygen atoms in total. The zero-order valence-electron chi connectivity index (χ0n) is 11.1. The lowest BCUT2D eigenvalue weighted by Crippen LogP contribution is -1.98. The van der Waals surface area contributed by atoms with Crippen LogP contribution in [0.5, 0.6) is 0 Å². The molecule has 0 radical (unpaired) electrons. The highest BCUT2D eigenvalue weighted by atomic mass is 32.1. The average Bonchev–Trinajstić information content (AvgIpc) is 2.98. The van der Waals surface area contributed by atoms with E-state index in [0.717, 1.165) is 27.8 Å². The fourth-order valence-electron chi connectivity index (χ4n) is 1.93. The monoisotopic (exact) mass is 303 g/mol. The molecule has 0 aliphatic rings. The molecule has 3 aromatic heterocycles. The van der Waals surface area contributed by atoms with Gasteiger partial charge < -0.3 is 4.98 Å². The van der Waals surface area contributed by atoms with Crippen molar-refractivity contribution in [3.8, 4) is 11.3 Å². The van der Waals surface area contributed by atoms with Crippen molar-refractivity contribution in [2.75, 3.05) is 0 Å². The lowest BCUT2D eigenvalue weighted by atomic mass is 10.2. The molecule has 0 spiro atoms. The van der Waals surface area contributed by atoms with Crippen LogP contribution in [-0.2, 0) is 13.5 Å². The second-order valence-corrected chi connectivity index (χ2v) is 5.90. The number of aryl methyl sites for hydroxylation is 2. The van der Waals surface area contributed by atoms with Crippen molar-refractivity contribution in [3.05, 3.63) is 45.0 Å². The van der Waals surface area contributed by atoms with Crippen LogP contribution in [0.15, 0.2) is 23.8 Å². The smallest absolute Gasteiger partial charge is 0.130 e. The van der Waals surface area contributed by atoms with E-state index in [2.05, 4.69) is 20.1 Å². The molecule has 0 fully saturated rings. The predicted octanol–water partition coefficient (Wildman–Crippen LogP) is 2.90. The van der Waals surface area contributed by atoms with Gasteiger partial charge in [-0.05, 0) is 13.0 Å². The van der Waals surface area contributed by atoms with Crippen LogP contribution in [0.25, 0.3) is 11.3 Å². The van der Waals surface area contributed by atoms with Crippen molar-refractivity contribution in [2.45, 2.75) is 13.3 Å². The lowest BCUT2D eigenvalue weighted by molar-refractivity contribution is 0.768. The standard InChI is InChI=1S/C13H13N5S2/c1-8-7-20-13(15-8)4-11-16-10(3-12(19)17-11)9-5-14-18(2)6-9/h3,5-7H,4H2,1-2H3,(H,16,17,19). The molecule has 3 heterocycles. The van der Waals surface area contributed by atoms with Crippen molar-refractivity contribution in [1.82, 2.24) is 24.7 Å². The maximum absolute atomic E-state index is 5.24. The van der Waals surface area contributed by atoms with Crippen molar-refractivity contribution in [3.63, 3.8) is 0 Å². The summed E-state index contributed by atoms with van der Waals surface area (Å²) in [7, 11) is 1.89. The number of rotatable bonds is 3. The summed E-state index contributed by atoms with van der Waals surface area (Å²) in [6, 6.07) is 1.85. The fourth-order valence-corrected chi connectivity index (χ4v) is 2.94. The summed E-state index contributed by atoms with van der Waals surface area (Å²) in [6.07, 6.45) is 4.41. The number of nitrogens with zero attached hydrogens (tertiary/aromatic N) is 4. The molecule has 0 aliphatic carbocycles. The van der Waals surface area contributed by atoms with Crippen molar-refractivity contribution in [2.24, 2.45) is 7.05 Å². The summed E-state index contributed by atoms with van der Waals surface area (Å²) in [5.74, 6) is 0.825. The van der Waals surface area contributed by atoms with E-state index in [4.69, 9.17) is 12.2 Å². The Morgan fingerprint density at radius 1 is 1.40 bits per heavy atom. The minimum Gasteiger partial charge on any atom is -0.343 e. The third-order valence-corrected chi connectivity index (χ3v) is 3.97. The molecule has 102 valence electrons. The average molecular weight is 303 g/mol. The van der Waals surface area contributed by atoms with E-state index in [1.807, 2.05) is 31.6 Å². The number of nitrogens with one attached hydrogen (secondary N) is 1. The summed E-state index contributed by atoms with van der Waals surface area (Å²) in [5, 5.41) is 7.24. The topological polar surface area (TPSA) is 59.4 Å². The normalized spacial score (nSPS) is 10.9. The Balaban J connectivity index is 1.96. The Kier molecular flexibility index (Phi) is 3.45. The van der Waals surface area contributed by atoms with Gasteiger partial charge >= 0.3 is 0 Å². The first-order chi connectivity index (χ1) is 9.60. The summed E-state index contributed by atoms with van der Waals surface area (Å²) in [4.78, 5) is 12.1. The van der Waals surface area contributed by atoms with E-state index in [-0.39, 0.29) is 0 Å². The summed E-state index contributed by atoms with van der Waals surface area (Å²) >= 11 is 6.87. The van der Waals surface area contributed by atoms with Gasteiger partial charge in [-0.3, -0.25) is 4.68 Å². The highest BCUT2D eigenvalue weighted by molar-refractivity contribution is 7.71. The summed E-state index contributed by atoms with van der Waals surface area (Å²) in [6.45, 7) is 1.99. The summed E-state index contributed by atoms with van der Waals surface area (Å²) < 4.78 is 2.34. The first-order valence-corrected chi connectivity index (χ1v) is 7.39. The number of aromatic amines is 1. The number of H-pyrrole nitrogens is 1. The van der Waals surface area contributed by atoms with E-state index >= 15 is 0 Å². The molecule has 0 unspecified atom stereocenters. The van der Waals surface area contributed by atoms with Gasteiger partial charge in [0.05, 0.1) is 18.3 Å². The van der Waals surface area contributed by atoms with E-state index in [1.165, 1.54) is 0 Å². The van der Waals surface area contributed by atoms with Gasteiger partial charge in [-0.2, -0.15) is 5.10 Å². The highest BCUT2D eigenvalue weighted by Gasteiger charge is 2.07. The molecule has 0 atom stereocenters. The van der Waals surface area contributed by atoms with Crippen LogP contribution in [-0.4, -0.2) is 24.7 Å². The molecular formula is C13H13N5S2. The Bertz CT molecular complexity index is 799. The van der Waals surface area contributed by atoms with Gasteiger partial charge in [0.2, 0.25) is 0 Å². The molecule has 0 aromatic carbocycles. The molecule has 7 heteroatoms. The van der Waals surface area contributed by atoms with Gasteiger partial charge in [-0.25, -0.2) is 9.97 Å².